The summed E-state index contributed by atoms with van der Waals surface area (Å²) in [4.78, 5) is 55.5. The summed E-state index contributed by atoms with van der Waals surface area (Å²) in [5.74, 6) is -0.475. The Hall–Kier alpha value is -4.87. The van der Waals surface area contributed by atoms with E-state index in [1.54, 1.807) is 18.1 Å². The van der Waals surface area contributed by atoms with E-state index in [4.69, 9.17) is 9.47 Å². The van der Waals surface area contributed by atoms with Crippen molar-refractivity contribution in [3.8, 4) is 5.75 Å². The Morgan fingerprint density at radius 1 is 1.11 bits per heavy atom. The molecule has 0 saturated carbocycles. The fourth-order valence-electron chi connectivity index (χ4n) is 5.64. The van der Waals surface area contributed by atoms with Gasteiger partial charge in [-0.3, -0.25) is 19.1 Å². The summed E-state index contributed by atoms with van der Waals surface area (Å²) in [6.45, 7) is 3.74. The lowest BCUT2D eigenvalue weighted by Crippen LogP contribution is -2.52. The number of piperidine rings is 1. The van der Waals surface area contributed by atoms with Crippen LogP contribution in [0.15, 0.2) is 60.9 Å². The molecule has 3 atom stereocenters. The van der Waals surface area contributed by atoms with Crippen molar-refractivity contribution in [3.63, 3.8) is 0 Å². The summed E-state index contributed by atoms with van der Waals surface area (Å²) < 4.78 is 13.0. The smallest absolute Gasteiger partial charge is 0.408 e. The number of rotatable bonds is 4. The van der Waals surface area contributed by atoms with Crippen molar-refractivity contribution in [3.05, 3.63) is 83.2 Å². The van der Waals surface area contributed by atoms with Gasteiger partial charge >= 0.3 is 6.09 Å². The molecular weight excluding hydrogens is 576 g/mol. The minimum Gasteiger partial charge on any atom is -0.494 e. The summed E-state index contributed by atoms with van der Waals surface area (Å²) >= 11 is 0. The molecule has 12 heteroatoms. The van der Waals surface area contributed by atoms with E-state index in [1.807, 2.05) is 55.5 Å². The zero-order valence-electron chi connectivity index (χ0n) is 25.7. The predicted molar refractivity (Wildman–Crippen MR) is 165 cm³/mol. The van der Waals surface area contributed by atoms with Gasteiger partial charge in [0.05, 0.1) is 19.2 Å². The minimum absolute atomic E-state index is 0.00777. The number of aromatic nitrogens is 2. The highest BCUT2D eigenvalue weighted by Gasteiger charge is 2.33. The standard InChI is InChI=1S/C33H40N6O6/c1-22-10-11-27-15-25(22)17-34-32(42)30(26-18-35-38(2)20-26)37-31(41)28(36-33(43)45-21-24-7-4-3-5-8-24)16-29(40)39-13-6-9-23(19-39)12-14-44-27/h3-5,7-8,10-11,15,18,20,23,28,30H,6,9,12-14,16-17,19,21H2,1-2H3,(H,34,42)(H,36,43)(H,37,41)/t23?,28-,30?/m0/s1. The lowest BCUT2D eigenvalue weighted by Gasteiger charge is -2.34. The van der Waals surface area contributed by atoms with Crippen molar-refractivity contribution in [2.24, 2.45) is 13.0 Å². The molecule has 3 N–H and O–H groups in total. The quantitative estimate of drug-likeness (QED) is 0.409. The molecule has 238 valence electrons. The molecule has 1 fully saturated rings. The summed E-state index contributed by atoms with van der Waals surface area (Å²) in [5.41, 5.74) is 3.09. The van der Waals surface area contributed by atoms with Crippen molar-refractivity contribution in [1.29, 1.82) is 0 Å². The van der Waals surface area contributed by atoms with E-state index in [1.165, 1.54) is 10.9 Å². The van der Waals surface area contributed by atoms with E-state index >= 15 is 0 Å². The number of hydrogen-bond acceptors (Lipinski definition) is 7. The summed E-state index contributed by atoms with van der Waals surface area (Å²) in [5, 5.41) is 12.4. The highest BCUT2D eigenvalue weighted by Crippen LogP contribution is 2.23. The van der Waals surface area contributed by atoms with Crippen molar-refractivity contribution in [2.75, 3.05) is 19.7 Å². The normalized spacial score (nSPS) is 21.4. The van der Waals surface area contributed by atoms with Crippen LogP contribution in [0.2, 0.25) is 0 Å². The van der Waals surface area contributed by atoms with Gasteiger partial charge in [0.25, 0.3) is 0 Å². The highest BCUT2D eigenvalue weighted by atomic mass is 16.5. The first-order valence-corrected chi connectivity index (χ1v) is 15.3. The molecule has 0 aliphatic carbocycles. The number of carbonyl (C=O) groups excluding carboxylic acids is 4. The first-order valence-electron chi connectivity index (χ1n) is 15.3. The van der Waals surface area contributed by atoms with Gasteiger partial charge in [-0.2, -0.15) is 5.10 Å². The number of nitrogens with one attached hydrogen (secondary N) is 3. The van der Waals surface area contributed by atoms with Crippen molar-refractivity contribution < 1.29 is 28.7 Å². The molecule has 0 radical (unpaired) electrons. The molecule has 1 aromatic heterocycles. The van der Waals surface area contributed by atoms with Gasteiger partial charge in [0.2, 0.25) is 17.7 Å². The SMILES string of the molecule is Cc1ccc2cc1CNC(=O)C(c1cnn(C)c1)NC(=O)[C@@H](NC(=O)OCc1ccccc1)CC(=O)N1CCCC(CCO2)C1. The number of aryl methyl sites for hydroxylation is 2. The molecule has 4 bridgehead atoms. The van der Waals surface area contributed by atoms with Crippen LogP contribution in [0.3, 0.4) is 0 Å². The van der Waals surface area contributed by atoms with Crippen LogP contribution in [0.25, 0.3) is 0 Å². The van der Waals surface area contributed by atoms with Crippen LogP contribution in [-0.2, 0) is 39.3 Å². The molecule has 3 aromatic rings. The Balaban J connectivity index is 1.40. The molecular formula is C33H40N6O6. The third kappa shape index (κ3) is 8.62. The number of carbonyl (C=O) groups is 4. The van der Waals surface area contributed by atoms with Crippen LogP contribution in [0, 0.1) is 12.8 Å². The van der Waals surface area contributed by atoms with Crippen LogP contribution in [0.5, 0.6) is 5.75 Å². The summed E-state index contributed by atoms with van der Waals surface area (Å²) in [6, 6.07) is 12.5. The zero-order chi connectivity index (χ0) is 31.8. The maximum atomic E-state index is 13.8. The average molecular weight is 617 g/mol. The summed E-state index contributed by atoms with van der Waals surface area (Å²) in [6.07, 6.45) is 4.56. The molecule has 12 nitrogen and oxygen atoms in total. The highest BCUT2D eigenvalue weighted by molar-refractivity contribution is 5.94. The van der Waals surface area contributed by atoms with E-state index in [2.05, 4.69) is 21.0 Å². The topological polar surface area (TPSA) is 144 Å². The molecule has 4 amide bonds. The second-order valence-corrected chi connectivity index (χ2v) is 11.6. The minimum atomic E-state index is -1.28. The number of hydrogen-bond donors (Lipinski definition) is 3. The Kier molecular flexibility index (Phi) is 10.3. The van der Waals surface area contributed by atoms with Gasteiger partial charge in [-0.25, -0.2) is 4.79 Å². The van der Waals surface area contributed by atoms with E-state index in [0.29, 0.717) is 31.0 Å². The van der Waals surface area contributed by atoms with Gasteiger partial charge in [0.1, 0.15) is 24.4 Å². The molecule has 2 unspecified atom stereocenters. The number of ether oxygens (including phenoxy) is 2. The van der Waals surface area contributed by atoms with Gasteiger partial charge in [0, 0.05) is 38.4 Å². The van der Waals surface area contributed by atoms with Crippen LogP contribution < -0.4 is 20.7 Å². The van der Waals surface area contributed by atoms with E-state index < -0.39 is 30.0 Å². The van der Waals surface area contributed by atoms with Crippen LogP contribution in [-0.4, -0.2) is 64.2 Å². The van der Waals surface area contributed by atoms with Crippen molar-refractivity contribution in [2.45, 2.75) is 57.8 Å². The number of fused-ring (bicyclic) bond motifs is 4. The monoisotopic (exact) mass is 616 g/mol. The average Bonchev–Trinajstić information content (AvgIpc) is 3.48. The van der Waals surface area contributed by atoms with Gasteiger partial charge in [-0.15, -0.1) is 0 Å². The van der Waals surface area contributed by atoms with Gasteiger partial charge in [0.15, 0.2) is 0 Å². The third-order valence-electron chi connectivity index (χ3n) is 8.25. The molecule has 45 heavy (non-hydrogen) atoms. The maximum absolute atomic E-state index is 13.8. The molecule has 2 aromatic carbocycles. The number of nitrogens with zero attached hydrogens (tertiary/aromatic N) is 3. The second kappa shape index (κ2) is 14.7. The largest absolute Gasteiger partial charge is 0.494 e. The maximum Gasteiger partial charge on any atom is 0.408 e. The van der Waals surface area contributed by atoms with Crippen LogP contribution >= 0.6 is 0 Å². The Morgan fingerprint density at radius 3 is 2.71 bits per heavy atom. The zero-order valence-corrected chi connectivity index (χ0v) is 25.7. The molecule has 3 heterocycles. The lowest BCUT2D eigenvalue weighted by atomic mass is 9.94. The lowest BCUT2D eigenvalue weighted by molar-refractivity contribution is -0.137. The molecule has 2 aliphatic rings. The first kappa shape index (κ1) is 31.6. The third-order valence-corrected chi connectivity index (χ3v) is 8.25. The predicted octanol–water partition coefficient (Wildman–Crippen LogP) is 2.91. The summed E-state index contributed by atoms with van der Waals surface area (Å²) in [7, 11) is 1.71. The van der Waals surface area contributed by atoms with E-state index in [-0.39, 0.29) is 31.4 Å². The van der Waals surface area contributed by atoms with Gasteiger partial charge in [-0.05, 0) is 60.9 Å². The second-order valence-electron chi connectivity index (χ2n) is 11.6. The molecule has 5 rings (SSSR count). The fraction of sp³-hybridized carbons (Fsp3) is 0.424. The Morgan fingerprint density at radius 2 is 1.93 bits per heavy atom. The Labute approximate surface area is 262 Å². The number of amides is 4. The number of benzene rings is 2. The van der Waals surface area contributed by atoms with Gasteiger partial charge < -0.3 is 30.3 Å². The van der Waals surface area contributed by atoms with Crippen LogP contribution in [0.1, 0.15) is 54.0 Å². The first-order chi connectivity index (χ1) is 21.7. The Bertz CT molecular complexity index is 1510. The number of alkyl carbamates (subject to hydrolysis) is 1. The van der Waals surface area contributed by atoms with Gasteiger partial charge in [-0.1, -0.05) is 36.4 Å². The van der Waals surface area contributed by atoms with E-state index in [9.17, 15) is 19.2 Å². The van der Waals surface area contributed by atoms with Crippen molar-refractivity contribution in [1.82, 2.24) is 30.6 Å². The van der Waals surface area contributed by atoms with Crippen molar-refractivity contribution >= 4 is 23.8 Å². The molecule has 0 spiro atoms. The fourth-order valence-corrected chi connectivity index (χ4v) is 5.64. The molecule has 1 saturated heterocycles. The van der Waals surface area contributed by atoms with Crippen LogP contribution in [0.4, 0.5) is 4.79 Å². The van der Waals surface area contributed by atoms with E-state index in [0.717, 1.165) is 36.0 Å². The molecule has 2 aliphatic heterocycles.